The van der Waals surface area contributed by atoms with Gasteiger partial charge in [0, 0.05) is 6.20 Å². The molecule has 0 radical (unpaired) electrons. The fourth-order valence-corrected chi connectivity index (χ4v) is 1.72. The van der Waals surface area contributed by atoms with Gasteiger partial charge in [-0.05, 0) is 12.1 Å². The zero-order valence-electron chi connectivity index (χ0n) is 10.4. The highest BCUT2D eigenvalue weighted by atomic mass is 35.5. The summed E-state index contributed by atoms with van der Waals surface area (Å²) >= 11 is 11.2. The molecule has 0 fully saturated rings. The average molecular weight is 324 g/mol. The highest BCUT2D eigenvalue weighted by Crippen LogP contribution is 2.11. The second-order valence-corrected chi connectivity index (χ2v) is 4.48. The predicted octanol–water partition coefficient (Wildman–Crippen LogP) is 1.63. The van der Waals surface area contributed by atoms with Crippen molar-refractivity contribution in [3.8, 4) is 6.07 Å². The summed E-state index contributed by atoms with van der Waals surface area (Å²) in [6, 6.07) is 4.60. The Morgan fingerprint density at radius 3 is 2.86 bits per heavy atom. The lowest BCUT2D eigenvalue weighted by molar-refractivity contribution is -0.591. The van der Waals surface area contributed by atoms with Gasteiger partial charge in [0.25, 0.3) is 0 Å². The monoisotopic (exact) mass is 323 g/mol. The Labute approximate surface area is 129 Å². The van der Waals surface area contributed by atoms with Crippen molar-refractivity contribution in [3.63, 3.8) is 0 Å². The smallest absolute Gasteiger partial charge is 0.340 e. The Morgan fingerprint density at radius 2 is 2.29 bits per heavy atom. The van der Waals surface area contributed by atoms with Crippen LogP contribution in [0.15, 0.2) is 24.5 Å². The van der Waals surface area contributed by atoms with Crippen molar-refractivity contribution in [3.05, 3.63) is 51.8 Å². The number of nitriles is 1. The molecule has 0 saturated carbocycles. The zero-order chi connectivity index (χ0) is 15.4. The molecule has 0 atom stereocenters. The molecule has 2 heterocycles. The van der Waals surface area contributed by atoms with Gasteiger partial charge in [-0.1, -0.05) is 11.6 Å². The van der Waals surface area contributed by atoms with Crippen LogP contribution in [0.4, 0.5) is 5.82 Å². The van der Waals surface area contributed by atoms with Crippen molar-refractivity contribution >= 4 is 34.9 Å². The van der Waals surface area contributed by atoms with Crippen LogP contribution in [0.1, 0.15) is 21.7 Å². The third kappa shape index (κ3) is 3.37. The summed E-state index contributed by atoms with van der Waals surface area (Å²) in [5.74, 6) is -0.904. The Hall–Kier alpha value is -2.43. The number of hydrogen-bond acceptors (Lipinski definition) is 5. The molecule has 0 aromatic carbocycles. The van der Waals surface area contributed by atoms with Crippen LogP contribution in [0.2, 0.25) is 5.15 Å². The maximum absolute atomic E-state index is 12.0. The number of pyridine rings is 1. The van der Waals surface area contributed by atoms with Crippen LogP contribution in [0.5, 0.6) is 0 Å². The van der Waals surface area contributed by atoms with Gasteiger partial charge in [0.1, 0.15) is 17.4 Å². The summed E-state index contributed by atoms with van der Waals surface area (Å²) in [7, 11) is 0. The molecule has 0 spiro atoms. The van der Waals surface area contributed by atoms with E-state index in [-0.39, 0.29) is 33.8 Å². The molecule has 7 nitrogen and oxygen atoms in total. The van der Waals surface area contributed by atoms with E-state index in [1.807, 2.05) is 0 Å². The number of carbonyl (C=O) groups is 1. The van der Waals surface area contributed by atoms with Gasteiger partial charge in [0.05, 0.1) is 17.1 Å². The second kappa shape index (κ2) is 6.35. The molecule has 0 bridgehead atoms. The Kier molecular flexibility index (Phi) is 4.52. The van der Waals surface area contributed by atoms with E-state index in [4.69, 9.17) is 28.5 Å². The van der Waals surface area contributed by atoms with Gasteiger partial charge in [-0.15, -0.1) is 11.6 Å². The van der Waals surface area contributed by atoms with E-state index >= 15 is 0 Å². The van der Waals surface area contributed by atoms with Crippen molar-refractivity contribution in [2.75, 3.05) is 5.32 Å². The minimum Gasteiger partial charge on any atom is -0.710 e. The van der Waals surface area contributed by atoms with Crippen LogP contribution >= 0.6 is 23.2 Å². The number of rotatable bonds is 3. The maximum atomic E-state index is 12.0. The topological polar surface area (TPSA) is 106 Å². The first-order valence-corrected chi connectivity index (χ1v) is 6.48. The van der Waals surface area contributed by atoms with E-state index < -0.39 is 5.91 Å². The number of nitrogens with zero attached hydrogens (tertiary/aromatic N) is 4. The first kappa shape index (κ1) is 15.0. The Bertz CT molecular complexity index is 728. The summed E-state index contributed by atoms with van der Waals surface area (Å²) in [5.41, 5.74) is 0.192. The van der Waals surface area contributed by atoms with Crippen molar-refractivity contribution in [2.24, 2.45) is 0 Å². The standard InChI is InChI=1S/C12H7Cl2N5O2/c13-3-8-6-19(21)11(9(4-15)17-8)18-12(20)7-1-2-10(14)16-5-7/h1-2,5-6H,3H2,(H,18,20). The van der Waals surface area contributed by atoms with Crippen LogP contribution < -0.4 is 10.0 Å². The van der Waals surface area contributed by atoms with E-state index in [9.17, 15) is 10.0 Å². The summed E-state index contributed by atoms with van der Waals surface area (Å²) < 4.78 is 0.338. The number of halogens is 2. The summed E-state index contributed by atoms with van der Waals surface area (Å²) in [6.07, 6.45) is 2.34. The number of anilines is 1. The molecule has 1 N–H and O–H groups in total. The summed E-state index contributed by atoms with van der Waals surface area (Å²) in [5, 5.41) is 23.4. The van der Waals surface area contributed by atoms with E-state index in [1.165, 1.54) is 18.3 Å². The molecule has 9 heteroatoms. The summed E-state index contributed by atoms with van der Waals surface area (Å²) in [4.78, 5) is 19.6. The minimum atomic E-state index is -0.610. The number of hydrogen-bond donors (Lipinski definition) is 1. The van der Waals surface area contributed by atoms with Crippen LogP contribution in [-0.2, 0) is 5.88 Å². The number of carbonyl (C=O) groups excluding carboxylic acids is 1. The molecule has 106 valence electrons. The zero-order valence-corrected chi connectivity index (χ0v) is 11.9. The fourth-order valence-electron chi connectivity index (χ4n) is 1.48. The van der Waals surface area contributed by atoms with Crippen LogP contribution in [0.25, 0.3) is 0 Å². The van der Waals surface area contributed by atoms with E-state index in [2.05, 4.69) is 15.3 Å². The third-order valence-corrected chi connectivity index (χ3v) is 2.93. The van der Waals surface area contributed by atoms with Crippen molar-refractivity contribution < 1.29 is 9.52 Å². The molecule has 0 aliphatic heterocycles. The molecule has 0 aliphatic carbocycles. The van der Waals surface area contributed by atoms with Gasteiger partial charge in [0.2, 0.25) is 5.69 Å². The van der Waals surface area contributed by atoms with Gasteiger partial charge in [-0.2, -0.15) is 5.26 Å². The van der Waals surface area contributed by atoms with Gasteiger partial charge in [-0.3, -0.25) is 0 Å². The Morgan fingerprint density at radius 1 is 1.52 bits per heavy atom. The molecule has 2 aromatic rings. The van der Waals surface area contributed by atoms with Gasteiger partial charge in [-0.25, -0.2) is 24.8 Å². The van der Waals surface area contributed by atoms with Gasteiger partial charge in [0.15, 0.2) is 0 Å². The number of alkyl halides is 1. The third-order valence-electron chi connectivity index (χ3n) is 2.43. The van der Waals surface area contributed by atoms with E-state index in [0.717, 1.165) is 6.20 Å². The predicted molar refractivity (Wildman–Crippen MR) is 74.7 cm³/mol. The van der Waals surface area contributed by atoms with E-state index in [1.54, 1.807) is 6.07 Å². The van der Waals surface area contributed by atoms with Crippen LogP contribution in [0.3, 0.4) is 0 Å². The molecule has 2 aromatic heterocycles. The Balaban J connectivity index is 2.33. The lowest BCUT2D eigenvalue weighted by Crippen LogP contribution is -2.35. The number of amides is 1. The van der Waals surface area contributed by atoms with Crippen LogP contribution in [0, 0.1) is 16.5 Å². The maximum Gasteiger partial charge on any atom is 0.340 e. The van der Waals surface area contributed by atoms with Crippen molar-refractivity contribution in [1.82, 2.24) is 9.97 Å². The van der Waals surface area contributed by atoms with Crippen molar-refractivity contribution in [2.45, 2.75) is 5.88 Å². The average Bonchev–Trinajstić information content (AvgIpc) is 2.49. The SMILES string of the molecule is N#Cc1nc(CCl)c[n+]([O-])c1NC(=O)c1ccc(Cl)nc1. The molecule has 21 heavy (non-hydrogen) atoms. The molecule has 0 aliphatic rings. The first-order chi connectivity index (χ1) is 10.0. The highest BCUT2D eigenvalue weighted by Gasteiger charge is 2.20. The number of aromatic nitrogens is 3. The highest BCUT2D eigenvalue weighted by molar-refractivity contribution is 6.29. The van der Waals surface area contributed by atoms with Gasteiger partial charge >= 0.3 is 11.7 Å². The fraction of sp³-hybridized carbons (Fsp3) is 0.0833. The molecule has 1 amide bonds. The quantitative estimate of drug-likeness (QED) is 0.400. The summed E-state index contributed by atoms with van der Waals surface area (Å²) in [6.45, 7) is 0. The lowest BCUT2D eigenvalue weighted by atomic mass is 10.2. The largest absolute Gasteiger partial charge is 0.710 e. The molecule has 0 saturated heterocycles. The molecular formula is C12H7Cl2N5O2. The van der Waals surface area contributed by atoms with Crippen LogP contribution in [-0.4, -0.2) is 15.9 Å². The van der Waals surface area contributed by atoms with Crippen molar-refractivity contribution in [1.29, 1.82) is 5.26 Å². The minimum absolute atomic E-state index is 0.0216. The lowest BCUT2D eigenvalue weighted by Gasteiger charge is -2.09. The molecular weight excluding hydrogens is 317 g/mol. The van der Waals surface area contributed by atoms with E-state index in [0.29, 0.717) is 4.73 Å². The number of nitrogens with one attached hydrogen (secondary N) is 1. The van der Waals surface area contributed by atoms with Gasteiger partial charge < -0.3 is 5.21 Å². The molecule has 2 rings (SSSR count). The second-order valence-electron chi connectivity index (χ2n) is 3.82. The molecule has 0 unspecified atom stereocenters. The normalized spacial score (nSPS) is 9.95. The first-order valence-electron chi connectivity index (χ1n) is 5.57.